The van der Waals surface area contributed by atoms with Crippen LogP contribution in [0, 0.1) is 0 Å². The van der Waals surface area contributed by atoms with Crippen LogP contribution in [0.2, 0.25) is 0 Å². The number of thiazole rings is 1. The number of carbonyl (C=O) groups is 2. The number of fused-ring (bicyclic) bond motifs is 1. The van der Waals surface area contributed by atoms with Crippen molar-refractivity contribution in [1.82, 2.24) is 20.5 Å². The Hall–Kier alpha value is -2.69. The van der Waals surface area contributed by atoms with E-state index in [9.17, 15) is 9.59 Å². The molecule has 8 nitrogen and oxygen atoms in total. The normalized spacial score (nSPS) is 17.1. The van der Waals surface area contributed by atoms with Gasteiger partial charge in [0, 0.05) is 50.1 Å². The minimum atomic E-state index is -0.636. The molecule has 39 heavy (non-hydrogen) atoms. The number of hydrogen-bond donors (Lipinski definition) is 2. The molecule has 1 aromatic carbocycles. The number of benzene rings is 1. The predicted molar refractivity (Wildman–Crippen MR) is 159 cm³/mol. The molecule has 3 aromatic rings. The molecule has 5 rings (SSSR count). The van der Waals surface area contributed by atoms with Crippen molar-refractivity contribution in [2.45, 2.75) is 70.5 Å². The van der Waals surface area contributed by atoms with Crippen LogP contribution in [-0.2, 0) is 22.5 Å². The highest BCUT2D eigenvalue weighted by Gasteiger charge is 2.30. The minimum absolute atomic E-state index is 0.0563. The zero-order valence-electron chi connectivity index (χ0n) is 22.7. The molecule has 1 unspecified atom stereocenters. The van der Waals surface area contributed by atoms with Crippen LogP contribution in [0.5, 0.6) is 0 Å². The number of unbranched alkanes of at least 4 members (excludes halogenated alkanes) is 1. The number of nitrogens with zero attached hydrogens (tertiary/aromatic N) is 3. The number of aromatic nitrogens is 1. The quantitative estimate of drug-likeness (QED) is 0.310. The van der Waals surface area contributed by atoms with Crippen LogP contribution < -0.4 is 15.5 Å². The second kappa shape index (κ2) is 13.6. The van der Waals surface area contributed by atoms with Crippen LogP contribution in [0.1, 0.15) is 55.9 Å². The third kappa shape index (κ3) is 7.49. The Kier molecular flexibility index (Phi) is 9.71. The lowest BCUT2D eigenvalue weighted by Gasteiger charge is -2.36. The number of hydrogen-bond acceptors (Lipinski definition) is 8. The molecule has 1 atom stereocenters. The maximum atomic E-state index is 13.5. The number of anilines is 1. The van der Waals surface area contributed by atoms with Gasteiger partial charge in [-0.25, -0.2) is 9.78 Å². The van der Waals surface area contributed by atoms with E-state index in [0.717, 1.165) is 34.9 Å². The lowest BCUT2D eigenvalue weighted by molar-refractivity contribution is -0.133. The van der Waals surface area contributed by atoms with Crippen molar-refractivity contribution in [3.63, 3.8) is 0 Å². The fraction of sp³-hybridized carbons (Fsp3) is 0.552. The summed E-state index contributed by atoms with van der Waals surface area (Å²) in [7, 11) is 0. The summed E-state index contributed by atoms with van der Waals surface area (Å²) in [6.07, 6.45) is 6.95. The first-order valence-corrected chi connectivity index (χ1v) is 15.9. The highest BCUT2D eigenvalue weighted by Crippen LogP contribution is 2.30. The molecule has 0 radical (unpaired) electrons. The van der Waals surface area contributed by atoms with E-state index in [-0.39, 0.29) is 5.91 Å². The summed E-state index contributed by atoms with van der Waals surface area (Å²) in [6.45, 7) is 5.94. The number of thiophene rings is 1. The zero-order valence-corrected chi connectivity index (χ0v) is 24.3. The van der Waals surface area contributed by atoms with Crippen LogP contribution in [0.15, 0.2) is 35.7 Å². The van der Waals surface area contributed by atoms with E-state index < -0.39 is 12.1 Å². The smallest absolute Gasteiger partial charge is 0.407 e. The molecule has 1 aliphatic heterocycles. The van der Waals surface area contributed by atoms with E-state index in [4.69, 9.17) is 9.72 Å². The van der Waals surface area contributed by atoms with Crippen molar-refractivity contribution in [3.05, 3.63) is 46.2 Å². The van der Waals surface area contributed by atoms with Gasteiger partial charge in [-0.3, -0.25) is 4.79 Å². The first kappa shape index (κ1) is 27.9. The fourth-order valence-corrected chi connectivity index (χ4v) is 7.09. The molecule has 2 fully saturated rings. The van der Waals surface area contributed by atoms with E-state index >= 15 is 0 Å². The van der Waals surface area contributed by atoms with Gasteiger partial charge in [0.05, 0.1) is 16.8 Å². The first-order valence-electron chi connectivity index (χ1n) is 14.2. The van der Waals surface area contributed by atoms with Gasteiger partial charge in [-0.1, -0.05) is 49.7 Å². The molecule has 2 aromatic heterocycles. The average molecular weight is 570 g/mol. The molecule has 1 saturated heterocycles. The van der Waals surface area contributed by atoms with Crippen molar-refractivity contribution in [2.75, 3.05) is 37.7 Å². The van der Waals surface area contributed by atoms with Gasteiger partial charge in [0.1, 0.15) is 6.04 Å². The summed E-state index contributed by atoms with van der Waals surface area (Å²) >= 11 is 3.32. The Bertz CT molecular complexity index is 1220. The topological polar surface area (TPSA) is 86.8 Å². The fourth-order valence-electron chi connectivity index (χ4n) is 5.26. The van der Waals surface area contributed by atoms with E-state index in [1.54, 1.807) is 22.7 Å². The maximum Gasteiger partial charge on any atom is 0.407 e. The molecule has 2 N–H and O–H groups in total. The summed E-state index contributed by atoms with van der Waals surface area (Å²) in [5.74, 6) is -0.0563. The van der Waals surface area contributed by atoms with Crippen molar-refractivity contribution in [2.24, 2.45) is 0 Å². The molecule has 210 valence electrons. The summed E-state index contributed by atoms with van der Waals surface area (Å²) in [6, 6.07) is 10.5. The Morgan fingerprint density at radius 2 is 1.97 bits per heavy atom. The molecular weight excluding hydrogens is 530 g/mol. The summed E-state index contributed by atoms with van der Waals surface area (Å²) in [5, 5.41) is 9.52. The van der Waals surface area contributed by atoms with Crippen LogP contribution >= 0.6 is 22.7 Å². The number of carbonyl (C=O) groups excluding carboxylic acids is 2. The van der Waals surface area contributed by atoms with Crippen molar-refractivity contribution in [3.8, 4) is 0 Å². The summed E-state index contributed by atoms with van der Waals surface area (Å²) in [4.78, 5) is 36.0. The highest BCUT2D eigenvalue weighted by atomic mass is 32.1. The van der Waals surface area contributed by atoms with Gasteiger partial charge in [0.2, 0.25) is 5.91 Å². The Morgan fingerprint density at radius 3 is 2.72 bits per heavy atom. The van der Waals surface area contributed by atoms with E-state index in [0.29, 0.717) is 45.2 Å². The minimum Gasteiger partial charge on any atom is -0.450 e. The molecule has 2 amide bonds. The predicted octanol–water partition coefficient (Wildman–Crippen LogP) is 5.18. The SMILES string of the molecule is CCCCOC(=O)NC(Cc1cccs1)C(=O)N1CCN(c2nc3ccc(CNC4CCCC4)cc3s2)CC1. The second-order valence-corrected chi connectivity index (χ2v) is 12.5. The third-order valence-corrected chi connectivity index (χ3v) is 9.54. The van der Waals surface area contributed by atoms with Gasteiger partial charge < -0.3 is 25.2 Å². The summed E-state index contributed by atoms with van der Waals surface area (Å²) < 4.78 is 6.49. The number of amides is 2. The van der Waals surface area contributed by atoms with E-state index in [1.165, 1.54) is 35.9 Å². The van der Waals surface area contributed by atoms with Crippen LogP contribution in [0.3, 0.4) is 0 Å². The second-order valence-electron chi connectivity index (χ2n) is 10.4. The third-order valence-electron chi connectivity index (χ3n) is 7.56. The van der Waals surface area contributed by atoms with Crippen molar-refractivity contribution < 1.29 is 14.3 Å². The van der Waals surface area contributed by atoms with Crippen molar-refractivity contribution in [1.29, 1.82) is 0 Å². The molecule has 1 saturated carbocycles. The maximum absolute atomic E-state index is 13.5. The van der Waals surface area contributed by atoms with Gasteiger partial charge in [0.25, 0.3) is 0 Å². The molecule has 3 heterocycles. The Balaban J connectivity index is 1.17. The number of rotatable bonds is 11. The van der Waals surface area contributed by atoms with E-state index in [1.807, 2.05) is 29.3 Å². The van der Waals surface area contributed by atoms with Crippen molar-refractivity contribution >= 4 is 50.0 Å². The average Bonchev–Trinajstić information content (AvgIpc) is 3.73. The van der Waals surface area contributed by atoms with Crippen LogP contribution in [0.25, 0.3) is 10.2 Å². The zero-order chi connectivity index (χ0) is 27.0. The summed E-state index contributed by atoms with van der Waals surface area (Å²) in [5.41, 5.74) is 2.33. The van der Waals surface area contributed by atoms with Gasteiger partial charge in [-0.15, -0.1) is 11.3 Å². The first-order chi connectivity index (χ1) is 19.1. The lowest BCUT2D eigenvalue weighted by atomic mass is 10.1. The van der Waals surface area contributed by atoms with Gasteiger partial charge in [-0.05, 0) is 48.4 Å². The molecule has 0 spiro atoms. The highest BCUT2D eigenvalue weighted by molar-refractivity contribution is 7.22. The monoisotopic (exact) mass is 569 g/mol. The molecule has 2 aliphatic rings. The molecule has 1 aliphatic carbocycles. The van der Waals surface area contributed by atoms with Gasteiger partial charge >= 0.3 is 6.09 Å². The molecule has 10 heteroatoms. The Morgan fingerprint density at radius 1 is 1.15 bits per heavy atom. The molecule has 0 bridgehead atoms. The standard InChI is InChI=1S/C29H39N5O3S2/c1-2-3-16-37-29(36)32-25(19-23-9-6-17-38-23)27(35)33-12-14-34(15-13-33)28-31-24-11-10-21(18-26(24)39-28)20-30-22-7-4-5-8-22/h6,9-11,17-18,22,25,30H,2-5,7-8,12-16,19-20H2,1H3,(H,32,36). The molecular formula is C29H39N5O3S2. The number of ether oxygens (including phenoxy) is 1. The number of alkyl carbamates (subject to hydrolysis) is 1. The van der Waals surface area contributed by atoms with Gasteiger partial charge in [0.15, 0.2) is 5.13 Å². The number of piperazine rings is 1. The largest absolute Gasteiger partial charge is 0.450 e. The lowest BCUT2D eigenvalue weighted by Crippen LogP contribution is -2.55. The van der Waals surface area contributed by atoms with Crippen LogP contribution in [-0.4, -0.2) is 66.8 Å². The van der Waals surface area contributed by atoms with E-state index in [2.05, 4.69) is 33.7 Å². The number of nitrogens with one attached hydrogen (secondary N) is 2. The van der Waals surface area contributed by atoms with Crippen LogP contribution in [0.4, 0.5) is 9.93 Å². The van der Waals surface area contributed by atoms with Gasteiger partial charge in [-0.2, -0.15) is 0 Å². The Labute approximate surface area is 238 Å².